The zero-order chi connectivity index (χ0) is 13.0. The molecule has 90 valence electrons. The van der Waals surface area contributed by atoms with Gasteiger partial charge in [0.2, 0.25) is 0 Å². The highest BCUT2D eigenvalue weighted by Gasteiger charge is 2.06. The number of hydrogen-bond donors (Lipinski definition) is 2. The molecule has 2 heterocycles. The first-order chi connectivity index (χ1) is 8.74. The van der Waals surface area contributed by atoms with Crippen molar-refractivity contribution in [2.45, 2.75) is 0 Å². The standard InChI is InChI=1S/C12H11N5O/c1-18-17-12-9(14)3-5-11(16-12)10-4-2-8(6-13)7-15-10/h2-5,7H,14H2,1H3,(H,16,17). The van der Waals surface area contributed by atoms with Crippen molar-refractivity contribution in [1.82, 2.24) is 9.97 Å². The van der Waals surface area contributed by atoms with Gasteiger partial charge in [0.1, 0.15) is 6.07 Å². The van der Waals surface area contributed by atoms with Gasteiger partial charge < -0.3 is 5.73 Å². The Labute approximate surface area is 104 Å². The van der Waals surface area contributed by atoms with Gasteiger partial charge in [0, 0.05) is 6.20 Å². The first-order valence-corrected chi connectivity index (χ1v) is 5.16. The van der Waals surface area contributed by atoms with E-state index in [0.717, 1.165) is 0 Å². The molecular weight excluding hydrogens is 230 g/mol. The molecule has 0 radical (unpaired) electrons. The maximum absolute atomic E-state index is 8.70. The highest BCUT2D eigenvalue weighted by atomic mass is 16.6. The Balaban J connectivity index is 2.38. The van der Waals surface area contributed by atoms with Crippen LogP contribution in [-0.4, -0.2) is 17.1 Å². The van der Waals surface area contributed by atoms with Gasteiger partial charge in [0.15, 0.2) is 5.82 Å². The zero-order valence-electron chi connectivity index (χ0n) is 9.71. The molecule has 0 aliphatic heterocycles. The van der Waals surface area contributed by atoms with E-state index in [4.69, 9.17) is 15.8 Å². The predicted molar refractivity (Wildman–Crippen MR) is 67.2 cm³/mol. The summed E-state index contributed by atoms with van der Waals surface area (Å²) < 4.78 is 0. The molecule has 0 aromatic carbocycles. The average Bonchev–Trinajstić information content (AvgIpc) is 2.42. The molecule has 2 rings (SSSR count). The van der Waals surface area contributed by atoms with Crippen molar-refractivity contribution in [1.29, 1.82) is 5.26 Å². The van der Waals surface area contributed by atoms with Gasteiger partial charge in [0.25, 0.3) is 0 Å². The summed E-state index contributed by atoms with van der Waals surface area (Å²) in [6.07, 6.45) is 1.50. The summed E-state index contributed by atoms with van der Waals surface area (Å²) in [6, 6.07) is 8.89. The third-order valence-corrected chi connectivity index (χ3v) is 2.28. The van der Waals surface area contributed by atoms with E-state index in [1.807, 2.05) is 6.07 Å². The van der Waals surface area contributed by atoms with E-state index in [-0.39, 0.29) is 0 Å². The van der Waals surface area contributed by atoms with E-state index in [9.17, 15) is 0 Å². The minimum absolute atomic E-state index is 0.432. The number of nitrogens with one attached hydrogen (secondary N) is 1. The van der Waals surface area contributed by atoms with Crippen molar-refractivity contribution in [3.05, 3.63) is 36.0 Å². The van der Waals surface area contributed by atoms with E-state index < -0.39 is 0 Å². The van der Waals surface area contributed by atoms with E-state index in [1.54, 1.807) is 24.3 Å². The van der Waals surface area contributed by atoms with Gasteiger partial charge in [0.05, 0.1) is 29.7 Å². The molecule has 0 saturated heterocycles. The number of nitrogen functional groups attached to an aromatic ring is 1. The van der Waals surface area contributed by atoms with Crippen LogP contribution in [0.2, 0.25) is 0 Å². The second-order valence-corrected chi connectivity index (χ2v) is 3.48. The lowest BCUT2D eigenvalue weighted by atomic mass is 10.2. The number of aromatic nitrogens is 2. The van der Waals surface area contributed by atoms with E-state index >= 15 is 0 Å². The Hall–Kier alpha value is -2.65. The number of rotatable bonds is 3. The summed E-state index contributed by atoms with van der Waals surface area (Å²) in [6.45, 7) is 0. The van der Waals surface area contributed by atoms with Gasteiger partial charge in [-0.2, -0.15) is 5.26 Å². The van der Waals surface area contributed by atoms with Crippen molar-refractivity contribution in [2.75, 3.05) is 18.3 Å². The van der Waals surface area contributed by atoms with E-state index in [0.29, 0.717) is 28.5 Å². The van der Waals surface area contributed by atoms with Crippen LogP contribution in [0.3, 0.4) is 0 Å². The Morgan fingerprint density at radius 2 is 2.06 bits per heavy atom. The predicted octanol–water partition coefficient (Wildman–Crippen LogP) is 1.57. The zero-order valence-corrected chi connectivity index (χ0v) is 9.71. The van der Waals surface area contributed by atoms with Gasteiger partial charge in [-0.25, -0.2) is 10.5 Å². The van der Waals surface area contributed by atoms with Crippen molar-refractivity contribution in [2.24, 2.45) is 0 Å². The molecule has 2 aromatic heterocycles. The topological polar surface area (TPSA) is 96.8 Å². The van der Waals surface area contributed by atoms with Gasteiger partial charge >= 0.3 is 0 Å². The number of nitrogens with two attached hydrogens (primary N) is 1. The maximum Gasteiger partial charge on any atom is 0.173 e. The van der Waals surface area contributed by atoms with Crippen LogP contribution >= 0.6 is 0 Å². The molecule has 3 N–H and O–H groups in total. The fourth-order valence-electron chi connectivity index (χ4n) is 1.40. The summed E-state index contributed by atoms with van der Waals surface area (Å²) >= 11 is 0. The first-order valence-electron chi connectivity index (χ1n) is 5.16. The number of nitriles is 1. The van der Waals surface area contributed by atoms with Crippen molar-refractivity contribution < 1.29 is 4.84 Å². The summed E-state index contributed by atoms with van der Waals surface area (Å²) in [5.74, 6) is 0.432. The molecular formula is C12H11N5O. The molecule has 0 amide bonds. The molecule has 2 aromatic rings. The second kappa shape index (κ2) is 5.12. The van der Waals surface area contributed by atoms with Crippen LogP contribution in [0.5, 0.6) is 0 Å². The first kappa shape index (κ1) is 11.8. The van der Waals surface area contributed by atoms with Gasteiger partial charge in [-0.05, 0) is 24.3 Å². The number of anilines is 2. The summed E-state index contributed by atoms with van der Waals surface area (Å²) in [5, 5.41) is 8.70. The maximum atomic E-state index is 8.70. The highest BCUT2D eigenvalue weighted by Crippen LogP contribution is 2.21. The third-order valence-electron chi connectivity index (χ3n) is 2.28. The molecule has 0 aliphatic rings. The molecule has 0 saturated carbocycles. The van der Waals surface area contributed by atoms with E-state index in [2.05, 4.69) is 15.4 Å². The minimum atomic E-state index is 0.432. The lowest BCUT2D eigenvalue weighted by Crippen LogP contribution is -2.03. The number of nitrogens with zero attached hydrogens (tertiary/aromatic N) is 3. The molecule has 0 unspecified atom stereocenters. The van der Waals surface area contributed by atoms with Crippen LogP contribution in [0.25, 0.3) is 11.4 Å². The van der Waals surface area contributed by atoms with Gasteiger partial charge in [-0.1, -0.05) is 0 Å². The van der Waals surface area contributed by atoms with Crippen molar-refractivity contribution in [3.63, 3.8) is 0 Å². The Morgan fingerprint density at radius 1 is 1.28 bits per heavy atom. The number of pyridine rings is 2. The fraction of sp³-hybridized carbons (Fsp3) is 0.0833. The SMILES string of the molecule is CONc1nc(-c2ccc(C#N)cn2)ccc1N. The third kappa shape index (κ3) is 2.36. The molecule has 0 bridgehead atoms. The highest BCUT2D eigenvalue weighted by molar-refractivity contribution is 5.66. The van der Waals surface area contributed by atoms with Crippen LogP contribution in [-0.2, 0) is 4.84 Å². The minimum Gasteiger partial charge on any atom is -0.396 e. The number of hydrogen-bond acceptors (Lipinski definition) is 6. The Bertz CT molecular complexity index is 588. The quantitative estimate of drug-likeness (QED) is 0.792. The molecule has 0 spiro atoms. The normalized spacial score (nSPS) is 9.78. The Morgan fingerprint density at radius 3 is 2.67 bits per heavy atom. The average molecular weight is 241 g/mol. The van der Waals surface area contributed by atoms with Crippen LogP contribution in [0.1, 0.15) is 5.56 Å². The molecule has 0 fully saturated rings. The smallest absolute Gasteiger partial charge is 0.173 e. The summed E-state index contributed by atoms with van der Waals surface area (Å²) in [5.41, 5.74) is 10.6. The van der Waals surface area contributed by atoms with Crippen LogP contribution in [0, 0.1) is 11.3 Å². The lowest BCUT2D eigenvalue weighted by molar-refractivity contribution is 0.269. The van der Waals surface area contributed by atoms with Crippen LogP contribution in [0.4, 0.5) is 11.5 Å². The van der Waals surface area contributed by atoms with Crippen LogP contribution < -0.4 is 11.2 Å². The molecule has 6 nitrogen and oxygen atoms in total. The monoisotopic (exact) mass is 241 g/mol. The van der Waals surface area contributed by atoms with Gasteiger partial charge in [-0.15, -0.1) is 0 Å². The summed E-state index contributed by atoms with van der Waals surface area (Å²) in [7, 11) is 1.48. The summed E-state index contributed by atoms with van der Waals surface area (Å²) in [4.78, 5) is 13.2. The Kier molecular flexibility index (Phi) is 3.36. The fourth-order valence-corrected chi connectivity index (χ4v) is 1.40. The molecule has 0 aliphatic carbocycles. The molecule has 18 heavy (non-hydrogen) atoms. The van der Waals surface area contributed by atoms with Gasteiger partial charge in [-0.3, -0.25) is 9.82 Å². The van der Waals surface area contributed by atoms with Crippen molar-refractivity contribution >= 4 is 11.5 Å². The van der Waals surface area contributed by atoms with E-state index in [1.165, 1.54) is 13.3 Å². The molecule has 0 atom stereocenters. The van der Waals surface area contributed by atoms with Crippen LogP contribution in [0.15, 0.2) is 30.5 Å². The van der Waals surface area contributed by atoms with Crippen molar-refractivity contribution in [3.8, 4) is 17.5 Å². The molecule has 6 heteroatoms. The largest absolute Gasteiger partial charge is 0.396 e. The second-order valence-electron chi connectivity index (χ2n) is 3.48. The lowest BCUT2D eigenvalue weighted by Gasteiger charge is -2.07.